The highest BCUT2D eigenvalue weighted by Crippen LogP contribution is 2.28. The van der Waals surface area contributed by atoms with Gasteiger partial charge in [0.1, 0.15) is 6.61 Å². The minimum Gasteiger partial charge on any atom is -0.367 e. The van der Waals surface area contributed by atoms with Crippen molar-refractivity contribution >= 4 is 34.1 Å². The number of nitrogens with zero attached hydrogens (tertiary/aromatic N) is 2. The maximum absolute atomic E-state index is 12.3. The van der Waals surface area contributed by atoms with Gasteiger partial charge in [0, 0.05) is 11.3 Å². The van der Waals surface area contributed by atoms with Gasteiger partial charge in [0.05, 0.1) is 6.61 Å². The minimum absolute atomic E-state index is 0.181. The molecule has 0 aliphatic rings. The molecule has 3 rings (SSSR count). The molecule has 5 nitrogen and oxygen atoms in total. The molecule has 1 N–H and O–H groups in total. The molecule has 0 atom stereocenters. The highest BCUT2D eigenvalue weighted by Gasteiger charge is 2.27. The molecule has 0 spiro atoms. The van der Waals surface area contributed by atoms with Crippen LogP contribution >= 0.6 is 23.1 Å². The molecule has 0 fully saturated rings. The lowest BCUT2D eigenvalue weighted by atomic mass is 10.1. The number of nitrogens with one attached hydrogen (secondary N) is 1. The fraction of sp³-hybridized carbons (Fsp3) is 0.211. The normalized spacial score (nSPS) is 11.4. The first kappa shape index (κ1) is 21.3. The Bertz CT molecular complexity index is 932. The zero-order valence-electron chi connectivity index (χ0n) is 15.0. The van der Waals surface area contributed by atoms with E-state index in [1.54, 1.807) is 12.1 Å². The number of carbonyl (C=O) groups is 1. The van der Waals surface area contributed by atoms with Gasteiger partial charge in [-0.3, -0.25) is 10.1 Å². The molecule has 0 saturated carbocycles. The Morgan fingerprint density at radius 3 is 2.45 bits per heavy atom. The Morgan fingerprint density at radius 1 is 1.03 bits per heavy atom. The smallest absolute Gasteiger partial charge is 0.367 e. The average molecular weight is 439 g/mol. The van der Waals surface area contributed by atoms with E-state index in [-0.39, 0.29) is 12.5 Å². The van der Waals surface area contributed by atoms with Gasteiger partial charge in [-0.1, -0.05) is 65.6 Å². The van der Waals surface area contributed by atoms with Gasteiger partial charge in [-0.25, -0.2) is 0 Å². The van der Waals surface area contributed by atoms with Crippen molar-refractivity contribution in [3.8, 4) is 0 Å². The summed E-state index contributed by atoms with van der Waals surface area (Å²) in [6.07, 6.45) is -4.36. The second-order valence-electron chi connectivity index (χ2n) is 5.91. The van der Waals surface area contributed by atoms with Crippen LogP contribution in [-0.4, -0.2) is 28.9 Å². The summed E-state index contributed by atoms with van der Waals surface area (Å²) in [6.45, 7) is -1.49. The molecule has 29 heavy (non-hydrogen) atoms. The number of hydrogen-bond donors (Lipinski definition) is 1. The van der Waals surface area contributed by atoms with E-state index in [2.05, 4.69) is 20.3 Å². The third-order valence-corrected chi connectivity index (χ3v) is 5.63. The summed E-state index contributed by atoms with van der Waals surface area (Å²) in [5, 5.41) is 11.1. The number of halogens is 3. The molecule has 3 aromatic rings. The summed E-state index contributed by atoms with van der Waals surface area (Å²) in [4.78, 5) is 12.3. The van der Waals surface area contributed by atoms with Crippen LogP contribution in [0.25, 0.3) is 0 Å². The van der Waals surface area contributed by atoms with Gasteiger partial charge < -0.3 is 4.74 Å². The van der Waals surface area contributed by atoms with Crippen molar-refractivity contribution in [2.45, 2.75) is 22.9 Å². The number of hydrogen-bond acceptors (Lipinski definition) is 6. The molecule has 0 bridgehead atoms. The summed E-state index contributed by atoms with van der Waals surface area (Å²) in [7, 11) is 0. The van der Waals surface area contributed by atoms with E-state index < -0.39 is 12.8 Å². The van der Waals surface area contributed by atoms with Crippen molar-refractivity contribution < 1.29 is 22.7 Å². The molecule has 1 aromatic heterocycles. The van der Waals surface area contributed by atoms with Gasteiger partial charge >= 0.3 is 6.18 Å². The number of rotatable bonds is 8. The number of thioether (sulfide) groups is 1. The number of alkyl halides is 3. The zero-order valence-corrected chi connectivity index (χ0v) is 16.6. The third-order valence-electron chi connectivity index (χ3n) is 3.58. The number of carbonyl (C=O) groups excluding carboxylic acids is 1. The van der Waals surface area contributed by atoms with Crippen LogP contribution in [0, 0.1) is 0 Å². The molecule has 2 aromatic carbocycles. The largest absolute Gasteiger partial charge is 0.411 e. The van der Waals surface area contributed by atoms with Crippen molar-refractivity contribution in [1.29, 1.82) is 0 Å². The summed E-state index contributed by atoms with van der Waals surface area (Å²) in [6, 6.07) is 16.1. The molecule has 0 unspecified atom stereocenters. The molecular formula is C19H16F3N3O2S2. The van der Waals surface area contributed by atoms with E-state index in [1.807, 2.05) is 30.3 Å². The van der Waals surface area contributed by atoms with Crippen molar-refractivity contribution in [1.82, 2.24) is 10.2 Å². The minimum atomic E-state index is -4.36. The molecule has 0 aliphatic heterocycles. The van der Waals surface area contributed by atoms with Crippen LogP contribution in [0.5, 0.6) is 0 Å². The SMILES string of the molecule is O=C(Nc1nnc(SCc2ccccc2)s1)c1ccc(COCC(F)(F)F)cc1. The van der Waals surface area contributed by atoms with Crippen LogP contribution in [0.2, 0.25) is 0 Å². The fourth-order valence-electron chi connectivity index (χ4n) is 2.24. The number of anilines is 1. The van der Waals surface area contributed by atoms with E-state index in [0.717, 1.165) is 15.7 Å². The highest BCUT2D eigenvalue weighted by atomic mass is 32.2. The van der Waals surface area contributed by atoms with Gasteiger partial charge in [0.15, 0.2) is 4.34 Å². The van der Waals surface area contributed by atoms with Crippen LogP contribution < -0.4 is 5.32 Å². The lowest BCUT2D eigenvalue weighted by Crippen LogP contribution is -2.16. The van der Waals surface area contributed by atoms with Gasteiger partial charge in [-0.2, -0.15) is 13.2 Å². The lowest BCUT2D eigenvalue weighted by Gasteiger charge is -2.08. The molecule has 10 heteroatoms. The maximum Gasteiger partial charge on any atom is 0.411 e. The fourth-order valence-corrected chi connectivity index (χ4v) is 3.95. The van der Waals surface area contributed by atoms with E-state index in [1.165, 1.54) is 35.2 Å². The summed E-state index contributed by atoms with van der Waals surface area (Å²) < 4.78 is 41.6. The van der Waals surface area contributed by atoms with Crippen molar-refractivity contribution in [3.05, 3.63) is 71.3 Å². The van der Waals surface area contributed by atoms with Crippen molar-refractivity contribution in [3.63, 3.8) is 0 Å². The second kappa shape index (κ2) is 9.86. The standard InChI is InChI=1S/C19H16F3N3O2S2/c20-19(21,22)12-27-10-13-6-8-15(9-7-13)16(26)23-17-24-25-18(29-17)28-11-14-4-2-1-3-5-14/h1-9H,10-12H2,(H,23,24,26). The summed E-state index contributed by atoms with van der Waals surface area (Å²) in [5.41, 5.74) is 2.07. The number of benzene rings is 2. The molecule has 1 amide bonds. The van der Waals surface area contributed by atoms with Crippen molar-refractivity contribution in [2.75, 3.05) is 11.9 Å². The monoisotopic (exact) mass is 439 g/mol. The predicted molar refractivity (Wildman–Crippen MR) is 106 cm³/mol. The number of amides is 1. The second-order valence-corrected chi connectivity index (χ2v) is 8.11. The van der Waals surface area contributed by atoms with Gasteiger partial charge in [-0.05, 0) is 23.3 Å². The number of ether oxygens (including phenoxy) is 1. The van der Waals surface area contributed by atoms with E-state index >= 15 is 0 Å². The molecular weight excluding hydrogens is 423 g/mol. The summed E-state index contributed by atoms with van der Waals surface area (Å²) >= 11 is 2.80. The molecule has 152 valence electrons. The van der Waals surface area contributed by atoms with E-state index in [4.69, 9.17) is 0 Å². The highest BCUT2D eigenvalue weighted by molar-refractivity contribution is 8.00. The zero-order chi connectivity index (χ0) is 20.7. The van der Waals surface area contributed by atoms with Crippen LogP contribution in [0.1, 0.15) is 21.5 Å². The first-order valence-corrected chi connectivity index (χ1v) is 10.2. The Balaban J connectivity index is 1.49. The van der Waals surface area contributed by atoms with Crippen LogP contribution in [0.15, 0.2) is 58.9 Å². The molecule has 0 saturated heterocycles. The third kappa shape index (κ3) is 7.15. The Morgan fingerprint density at radius 2 is 1.76 bits per heavy atom. The molecule has 0 radical (unpaired) electrons. The van der Waals surface area contributed by atoms with E-state index in [0.29, 0.717) is 16.3 Å². The quantitative estimate of drug-likeness (QED) is 0.388. The predicted octanol–water partition coefficient (Wildman–Crippen LogP) is 5.16. The molecule has 0 aliphatic carbocycles. The Hall–Kier alpha value is -2.43. The first-order valence-electron chi connectivity index (χ1n) is 8.44. The van der Waals surface area contributed by atoms with Gasteiger partial charge in [0.2, 0.25) is 5.13 Å². The lowest BCUT2D eigenvalue weighted by molar-refractivity contribution is -0.176. The number of aromatic nitrogens is 2. The maximum atomic E-state index is 12.3. The van der Waals surface area contributed by atoms with Gasteiger partial charge in [0.25, 0.3) is 5.91 Å². The first-order chi connectivity index (χ1) is 13.9. The Labute approximate surface area is 173 Å². The molecule has 1 heterocycles. The topological polar surface area (TPSA) is 64.1 Å². The van der Waals surface area contributed by atoms with Crippen LogP contribution in [-0.2, 0) is 17.1 Å². The van der Waals surface area contributed by atoms with Crippen LogP contribution in [0.3, 0.4) is 0 Å². The van der Waals surface area contributed by atoms with Crippen molar-refractivity contribution in [2.24, 2.45) is 0 Å². The van der Waals surface area contributed by atoms with Gasteiger partial charge in [-0.15, -0.1) is 10.2 Å². The summed E-state index contributed by atoms with van der Waals surface area (Å²) in [5.74, 6) is 0.380. The Kier molecular flexibility index (Phi) is 7.24. The van der Waals surface area contributed by atoms with E-state index in [9.17, 15) is 18.0 Å². The van der Waals surface area contributed by atoms with Crippen LogP contribution in [0.4, 0.5) is 18.3 Å². The average Bonchev–Trinajstić information content (AvgIpc) is 3.14.